The van der Waals surface area contributed by atoms with Crippen LogP contribution >= 0.6 is 0 Å². The van der Waals surface area contributed by atoms with E-state index in [1.807, 2.05) is 6.92 Å². The molecule has 0 aliphatic carbocycles. The van der Waals surface area contributed by atoms with Gasteiger partial charge in [0.1, 0.15) is 0 Å². The number of rotatable bonds is 4. The number of hydrogen-bond donors (Lipinski definition) is 0. The van der Waals surface area contributed by atoms with Gasteiger partial charge < -0.3 is 14.4 Å². The van der Waals surface area contributed by atoms with E-state index >= 15 is 0 Å². The zero-order valence-corrected chi connectivity index (χ0v) is 10.8. The summed E-state index contributed by atoms with van der Waals surface area (Å²) in [6.45, 7) is 9.11. The van der Waals surface area contributed by atoms with Crippen LogP contribution < -0.4 is 4.90 Å². The predicted molar refractivity (Wildman–Crippen MR) is 69.2 cm³/mol. The minimum Gasteiger partial charge on any atom is -0.372 e. The van der Waals surface area contributed by atoms with Crippen molar-refractivity contribution in [2.45, 2.75) is 33.2 Å². The molecule has 3 nitrogen and oxygen atoms in total. The van der Waals surface area contributed by atoms with Crippen molar-refractivity contribution < 1.29 is 9.47 Å². The standard InChI is InChI=1S/C14H21NO2/c1-4-15(5-2)13-8-6-12(7-9-13)14-16-10-11(3)17-14/h6-9,11,14H,4-5,10H2,1-3H3/t11-,14+/m1/s1. The fraction of sp³-hybridized carbons (Fsp3) is 0.571. The van der Waals surface area contributed by atoms with Gasteiger partial charge in [-0.2, -0.15) is 0 Å². The summed E-state index contributed by atoms with van der Waals surface area (Å²) in [7, 11) is 0. The number of hydrogen-bond acceptors (Lipinski definition) is 3. The molecule has 0 amide bonds. The van der Waals surface area contributed by atoms with Crippen LogP contribution in [0.5, 0.6) is 0 Å². The lowest BCUT2D eigenvalue weighted by Gasteiger charge is -2.21. The van der Waals surface area contributed by atoms with E-state index in [1.165, 1.54) is 5.69 Å². The zero-order valence-electron chi connectivity index (χ0n) is 10.8. The van der Waals surface area contributed by atoms with E-state index in [9.17, 15) is 0 Å². The van der Waals surface area contributed by atoms with Crippen LogP contribution in [0.4, 0.5) is 5.69 Å². The van der Waals surface area contributed by atoms with Crippen molar-refractivity contribution in [3.05, 3.63) is 29.8 Å². The molecule has 1 aromatic rings. The van der Waals surface area contributed by atoms with Gasteiger partial charge in [-0.05, 0) is 32.9 Å². The van der Waals surface area contributed by atoms with E-state index in [-0.39, 0.29) is 12.4 Å². The molecule has 2 rings (SSSR count). The van der Waals surface area contributed by atoms with Gasteiger partial charge in [0.15, 0.2) is 6.29 Å². The Labute approximate surface area is 103 Å². The number of benzene rings is 1. The van der Waals surface area contributed by atoms with Gasteiger partial charge in [0.25, 0.3) is 0 Å². The van der Waals surface area contributed by atoms with Crippen molar-refractivity contribution >= 4 is 5.69 Å². The summed E-state index contributed by atoms with van der Waals surface area (Å²) in [6, 6.07) is 8.46. The molecule has 0 radical (unpaired) electrons. The molecule has 0 aromatic heterocycles. The Hall–Kier alpha value is -1.06. The smallest absolute Gasteiger partial charge is 0.184 e. The minimum atomic E-state index is -0.184. The Bertz CT molecular complexity index is 346. The highest BCUT2D eigenvalue weighted by molar-refractivity contribution is 5.47. The van der Waals surface area contributed by atoms with Crippen LogP contribution in [-0.2, 0) is 9.47 Å². The first kappa shape index (κ1) is 12.4. The first-order valence-corrected chi connectivity index (χ1v) is 6.36. The van der Waals surface area contributed by atoms with Crippen LogP contribution in [0.2, 0.25) is 0 Å². The summed E-state index contributed by atoms with van der Waals surface area (Å²) in [5.74, 6) is 0. The van der Waals surface area contributed by atoms with Crippen molar-refractivity contribution in [1.82, 2.24) is 0 Å². The Morgan fingerprint density at radius 3 is 2.29 bits per heavy atom. The number of ether oxygens (including phenoxy) is 2. The molecule has 3 heteroatoms. The van der Waals surface area contributed by atoms with Crippen LogP contribution in [0.1, 0.15) is 32.6 Å². The van der Waals surface area contributed by atoms with Crippen LogP contribution in [0.3, 0.4) is 0 Å². The molecule has 1 heterocycles. The summed E-state index contributed by atoms with van der Waals surface area (Å²) in [5.41, 5.74) is 2.36. The third-order valence-corrected chi connectivity index (χ3v) is 3.13. The van der Waals surface area contributed by atoms with Gasteiger partial charge in [-0.15, -0.1) is 0 Å². The largest absolute Gasteiger partial charge is 0.372 e. The van der Waals surface area contributed by atoms with E-state index in [0.717, 1.165) is 18.7 Å². The van der Waals surface area contributed by atoms with E-state index in [2.05, 4.69) is 43.0 Å². The van der Waals surface area contributed by atoms with E-state index in [4.69, 9.17) is 9.47 Å². The molecule has 17 heavy (non-hydrogen) atoms. The first-order chi connectivity index (χ1) is 8.24. The molecule has 0 bridgehead atoms. The Balaban J connectivity index is 2.07. The van der Waals surface area contributed by atoms with Crippen molar-refractivity contribution in [2.75, 3.05) is 24.6 Å². The quantitative estimate of drug-likeness (QED) is 0.801. The lowest BCUT2D eigenvalue weighted by molar-refractivity contribution is -0.0572. The third kappa shape index (κ3) is 2.79. The van der Waals surface area contributed by atoms with Gasteiger partial charge >= 0.3 is 0 Å². The Kier molecular flexibility index (Phi) is 4.02. The van der Waals surface area contributed by atoms with Crippen molar-refractivity contribution in [3.8, 4) is 0 Å². The summed E-state index contributed by atoms with van der Waals surface area (Å²) in [6.07, 6.45) is 0.0122. The molecular formula is C14H21NO2. The molecule has 0 spiro atoms. The topological polar surface area (TPSA) is 21.7 Å². The second kappa shape index (κ2) is 5.52. The highest BCUT2D eigenvalue weighted by Gasteiger charge is 2.23. The normalized spacial score (nSPS) is 23.9. The third-order valence-electron chi connectivity index (χ3n) is 3.13. The molecule has 0 N–H and O–H groups in total. The SMILES string of the molecule is CCN(CC)c1ccc([C@H]2OC[C@@H](C)O2)cc1. The fourth-order valence-electron chi connectivity index (χ4n) is 2.12. The van der Waals surface area contributed by atoms with Gasteiger partial charge in [0.2, 0.25) is 0 Å². The molecule has 0 unspecified atom stereocenters. The first-order valence-electron chi connectivity index (χ1n) is 6.36. The Morgan fingerprint density at radius 2 is 1.82 bits per heavy atom. The van der Waals surface area contributed by atoms with Crippen LogP contribution in [0, 0.1) is 0 Å². The van der Waals surface area contributed by atoms with Gasteiger partial charge in [-0.1, -0.05) is 12.1 Å². The number of anilines is 1. The lowest BCUT2D eigenvalue weighted by atomic mass is 10.2. The van der Waals surface area contributed by atoms with Crippen molar-refractivity contribution in [2.24, 2.45) is 0 Å². The molecule has 2 atom stereocenters. The molecule has 1 aliphatic rings. The minimum absolute atomic E-state index is 0.184. The highest BCUT2D eigenvalue weighted by Crippen LogP contribution is 2.28. The second-order valence-electron chi connectivity index (χ2n) is 4.38. The van der Waals surface area contributed by atoms with Crippen LogP contribution in [-0.4, -0.2) is 25.8 Å². The van der Waals surface area contributed by atoms with Gasteiger partial charge in [-0.25, -0.2) is 0 Å². The summed E-state index contributed by atoms with van der Waals surface area (Å²) < 4.78 is 11.2. The van der Waals surface area contributed by atoms with Gasteiger partial charge in [0.05, 0.1) is 12.7 Å². The van der Waals surface area contributed by atoms with Crippen molar-refractivity contribution in [3.63, 3.8) is 0 Å². The summed E-state index contributed by atoms with van der Waals surface area (Å²) in [4.78, 5) is 2.32. The molecule has 1 fully saturated rings. The van der Waals surface area contributed by atoms with E-state index < -0.39 is 0 Å². The monoisotopic (exact) mass is 235 g/mol. The maximum Gasteiger partial charge on any atom is 0.184 e. The van der Waals surface area contributed by atoms with Crippen molar-refractivity contribution in [1.29, 1.82) is 0 Å². The highest BCUT2D eigenvalue weighted by atomic mass is 16.7. The average molecular weight is 235 g/mol. The van der Waals surface area contributed by atoms with E-state index in [1.54, 1.807) is 0 Å². The molecule has 1 saturated heterocycles. The molecule has 0 saturated carbocycles. The van der Waals surface area contributed by atoms with E-state index in [0.29, 0.717) is 6.61 Å². The average Bonchev–Trinajstić information content (AvgIpc) is 2.78. The molecule has 94 valence electrons. The fourth-order valence-corrected chi connectivity index (χ4v) is 2.12. The van der Waals surface area contributed by atoms with Crippen LogP contribution in [0.15, 0.2) is 24.3 Å². The number of nitrogens with zero attached hydrogens (tertiary/aromatic N) is 1. The lowest BCUT2D eigenvalue weighted by Crippen LogP contribution is -2.21. The second-order valence-corrected chi connectivity index (χ2v) is 4.38. The summed E-state index contributed by atoms with van der Waals surface area (Å²) >= 11 is 0. The summed E-state index contributed by atoms with van der Waals surface area (Å²) in [5, 5.41) is 0. The maximum atomic E-state index is 5.66. The van der Waals surface area contributed by atoms with Gasteiger partial charge in [0, 0.05) is 24.3 Å². The van der Waals surface area contributed by atoms with Gasteiger partial charge in [-0.3, -0.25) is 0 Å². The molecule has 1 aliphatic heterocycles. The maximum absolute atomic E-state index is 5.66. The predicted octanol–water partition coefficient (Wildman–Crippen LogP) is 2.97. The Morgan fingerprint density at radius 1 is 1.18 bits per heavy atom. The molecule has 1 aromatic carbocycles. The van der Waals surface area contributed by atoms with Crippen LogP contribution in [0.25, 0.3) is 0 Å². The molecular weight excluding hydrogens is 214 g/mol. The zero-order chi connectivity index (χ0) is 12.3.